The van der Waals surface area contributed by atoms with Crippen LogP contribution in [0.25, 0.3) is 0 Å². The lowest BCUT2D eigenvalue weighted by Crippen LogP contribution is -2.18. The van der Waals surface area contributed by atoms with Gasteiger partial charge in [0.25, 0.3) is 0 Å². The van der Waals surface area contributed by atoms with Gasteiger partial charge in [0.05, 0.1) is 12.1 Å². The highest BCUT2D eigenvalue weighted by atomic mass is 16.3. The molecule has 4 nitrogen and oxygen atoms in total. The van der Waals surface area contributed by atoms with E-state index in [0.717, 1.165) is 19.3 Å². The number of hydrogen-bond donors (Lipinski definition) is 1. The predicted octanol–water partition coefficient (Wildman–Crippen LogP) is 0.841. The van der Waals surface area contributed by atoms with E-state index < -0.39 is 0 Å². The number of hydrogen-bond acceptors (Lipinski definition) is 3. The molecule has 1 saturated carbocycles. The smallest absolute Gasteiger partial charge is 0.213 e. The third-order valence-electron chi connectivity index (χ3n) is 2.57. The predicted molar refractivity (Wildman–Crippen MR) is 45.8 cm³/mol. The maximum absolute atomic E-state index is 9.62. The molecule has 0 bridgehead atoms. The highest BCUT2D eigenvalue weighted by Gasteiger charge is 2.27. The molecule has 4 heteroatoms. The molecule has 13 heavy (non-hydrogen) atoms. The maximum Gasteiger partial charge on any atom is 0.213 e. The molecule has 1 fully saturated rings. The SMILES string of the molecule is N#Cc1nccn1C1CCCC1O. The lowest BCUT2D eigenvalue weighted by Gasteiger charge is -2.16. The van der Waals surface area contributed by atoms with Gasteiger partial charge in [-0.15, -0.1) is 0 Å². The monoisotopic (exact) mass is 177 g/mol. The van der Waals surface area contributed by atoms with Gasteiger partial charge in [0, 0.05) is 12.4 Å². The van der Waals surface area contributed by atoms with Crippen LogP contribution in [-0.2, 0) is 0 Å². The molecule has 0 spiro atoms. The van der Waals surface area contributed by atoms with Gasteiger partial charge in [-0.2, -0.15) is 5.26 Å². The Hall–Kier alpha value is -1.34. The lowest BCUT2D eigenvalue weighted by molar-refractivity contribution is 0.136. The number of aliphatic hydroxyl groups is 1. The molecule has 2 atom stereocenters. The van der Waals surface area contributed by atoms with Gasteiger partial charge < -0.3 is 9.67 Å². The van der Waals surface area contributed by atoms with Crippen molar-refractivity contribution >= 4 is 0 Å². The first-order valence-corrected chi connectivity index (χ1v) is 4.44. The highest BCUT2D eigenvalue weighted by Crippen LogP contribution is 2.30. The largest absolute Gasteiger partial charge is 0.391 e. The van der Waals surface area contributed by atoms with Crippen LogP contribution in [0.5, 0.6) is 0 Å². The normalized spacial score (nSPS) is 27.4. The molecule has 1 N–H and O–H groups in total. The molecule has 1 aliphatic rings. The third kappa shape index (κ3) is 1.31. The summed E-state index contributed by atoms with van der Waals surface area (Å²) in [7, 11) is 0. The molecule has 0 aromatic carbocycles. The van der Waals surface area contributed by atoms with Gasteiger partial charge in [0.1, 0.15) is 6.07 Å². The molecule has 0 amide bonds. The fourth-order valence-electron chi connectivity index (χ4n) is 1.91. The van der Waals surface area contributed by atoms with Crippen LogP contribution in [0.3, 0.4) is 0 Å². The van der Waals surface area contributed by atoms with E-state index in [1.165, 1.54) is 0 Å². The molecule has 1 heterocycles. The van der Waals surface area contributed by atoms with Crippen LogP contribution in [-0.4, -0.2) is 20.8 Å². The second kappa shape index (κ2) is 3.19. The van der Waals surface area contributed by atoms with Crippen LogP contribution in [0.1, 0.15) is 31.1 Å². The van der Waals surface area contributed by atoms with Gasteiger partial charge in [-0.1, -0.05) is 0 Å². The molecule has 2 rings (SSSR count). The van der Waals surface area contributed by atoms with Crippen molar-refractivity contribution in [1.82, 2.24) is 9.55 Å². The molecular weight excluding hydrogens is 166 g/mol. The number of nitriles is 1. The van der Waals surface area contributed by atoms with Gasteiger partial charge in [-0.05, 0) is 19.3 Å². The van der Waals surface area contributed by atoms with Gasteiger partial charge in [0.15, 0.2) is 0 Å². The van der Waals surface area contributed by atoms with Crippen LogP contribution in [0.15, 0.2) is 12.4 Å². The Morgan fingerprint density at radius 1 is 1.62 bits per heavy atom. The maximum atomic E-state index is 9.62. The van der Waals surface area contributed by atoms with Crippen LogP contribution in [0, 0.1) is 11.3 Å². The van der Waals surface area contributed by atoms with Gasteiger partial charge in [-0.25, -0.2) is 4.98 Å². The first-order chi connectivity index (χ1) is 6.33. The first kappa shape index (κ1) is 8.27. The summed E-state index contributed by atoms with van der Waals surface area (Å²) in [6.45, 7) is 0. The minimum atomic E-state index is -0.318. The van der Waals surface area contributed by atoms with Gasteiger partial charge >= 0.3 is 0 Å². The van der Waals surface area contributed by atoms with Crippen molar-refractivity contribution in [3.05, 3.63) is 18.2 Å². The van der Waals surface area contributed by atoms with Crippen molar-refractivity contribution in [3.63, 3.8) is 0 Å². The summed E-state index contributed by atoms with van der Waals surface area (Å²) in [5.41, 5.74) is 0. The van der Waals surface area contributed by atoms with Crippen LogP contribution >= 0.6 is 0 Å². The van der Waals surface area contributed by atoms with Crippen molar-refractivity contribution < 1.29 is 5.11 Å². The Balaban J connectivity index is 2.30. The zero-order valence-corrected chi connectivity index (χ0v) is 7.22. The Morgan fingerprint density at radius 3 is 3.08 bits per heavy atom. The molecule has 0 saturated heterocycles. The molecule has 2 unspecified atom stereocenters. The quantitative estimate of drug-likeness (QED) is 0.691. The molecule has 1 aliphatic carbocycles. The molecule has 68 valence electrons. The average Bonchev–Trinajstić information content (AvgIpc) is 2.71. The van der Waals surface area contributed by atoms with E-state index in [-0.39, 0.29) is 12.1 Å². The summed E-state index contributed by atoms with van der Waals surface area (Å²) in [6.07, 6.45) is 5.83. The van der Waals surface area contributed by atoms with Crippen molar-refractivity contribution in [2.24, 2.45) is 0 Å². The second-order valence-electron chi connectivity index (χ2n) is 3.34. The summed E-state index contributed by atoms with van der Waals surface area (Å²) >= 11 is 0. The number of aromatic nitrogens is 2. The van der Waals surface area contributed by atoms with Crippen LogP contribution < -0.4 is 0 Å². The molecule has 1 aromatic heterocycles. The molecule has 1 aromatic rings. The van der Waals surface area contributed by atoms with Crippen molar-refractivity contribution in [2.75, 3.05) is 0 Å². The summed E-state index contributed by atoms with van der Waals surface area (Å²) in [4.78, 5) is 3.90. The third-order valence-corrected chi connectivity index (χ3v) is 2.57. The summed E-state index contributed by atoms with van der Waals surface area (Å²) in [6, 6.07) is 2.07. The summed E-state index contributed by atoms with van der Waals surface area (Å²) in [5.74, 6) is 0.394. The van der Waals surface area contributed by atoms with Crippen molar-refractivity contribution in [2.45, 2.75) is 31.4 Å². The van der Waals surface area contributed by atoms with Crippen molar-refractivity contribution in [1.29, 1.82) is 5.26 Å². The van der Waals surface area contributed by atoms with E-state index in [1.807, 2.05) is 6.07 Å². The number of nitrogens with zero attached hydrogens (tertiary/aromatic N) is 3. The number of rotatable bonds is 1. The molecule has 0 aliphatic heterocycles. The minimum absolute atomic E-state index is 0.0529. The van der Waals surface area contributed by atoms with Gasteiger partial charge in [0.2, 0.25) is 5.82 Å². The van der Waals surface area contributed by atoms with Crippen LogP contribution in [0.4, 0.5) is 0 Å². The first-order valence-electron chi connectivity index (χ1n) is 4.44. The molecule has 0 radical (unpaired) electrons. The van der Waals surface area contributed by atoms with E-state index in [2.05, 4.69) is 4.98 Å². The van der Waals surface area contributed by atoms with E-state index in [9.17, 15) is 5.11 Å². The fourth-order valence-corrected chi connectivity index (χ4v) is 1.91. The standard InChI is InChI=1S/C9H11N3O/c10-6-9-11-4-5-12(9)7-2-1-3-8(7)13/h4-5,7-8,13H,1-3H2. The Labute approximate surface area is 76.4 Å². The minimum Gasteiger partial charge on any atom is -0.391 e. The Morgan fingerprint density at radius 2 is 2.46 bits per heavy atom. The summed E-state index contributed by atoms with van der Waals surface area (Å²) < 4.78 is 1.78. The van der Waals surface area contributed by atoms with Gasteiger partial charge in [-0.3, -0.25) is 0 Å². The fraction of sp³-hybridized carbons (Fsp3) is 0.556. The zero-order valence-electron chi connectivity index (χ0n) is 7.22. The Kier molecular flexibility index (Phi) is 2.03. The topological polar surface area (TPSA) is 61.8 Å². The van der Waals surface area contributed by atoms with E-state index >= 15 is 0 Å². The van der Waals surface area contributed by atoms with E-state index in [4.69, 9.17) is 5.26 Å². The van der Waals surface area contributed by atoms with E-state index in [0.29, 0.717) is 5.82 Å². The number of aliphatic hydroxyl groups excluding tert-OH is 1. The number of imidazole rings is 1. The summed E-state index contributed by atoms with van der Waals surface area (Å²) in [5, 5.41) is 18.4. The zero-order chi connectivity index (χ0) is 9.26. The lowest BCUT2D eigenvalue weighted by atomic mass is 10.2. The highest BCUT2D eigenvalue weighted by molar-refractivity contribution is 5.13. The van der Waals surface area contributed by atoms with Crippen LogP contribution in [0.2, 0.25) is 0 Å². The Bertz CT molecular complexity index is 339. The average molecular weight is 177 g/mol. The molecular formula is C9H11N3O. The van der Waals surface area contributed by atoms with Crippen molar-refractivity contribution in [3.8, 4) is 6.07 Å². The second-order valence-corrected chi connectivity index (χ2v) is 3.34. The van der Waals surface area contributed by atoms with E-state index in [1.54, 1.807) is 17.0 Å².